The molecule has 1 aromatic carbocycles. The lowest BCUT2D eigenvalue weighted by Gasteiger charge is -2.10. The van der Waals surface area contributed by atoms with Gasteiger partial charge in [-0.3, -0.25) is 0 Å². The molecule has 2 N–H and O–H groups in total. The van der Waals surface area contributed by atoms with E-state index < -0.39 is 5.82 Å². The Hall–Kier alpha value is -2.37. The average Bonchev–Trinajstić information content (AvgIpc) is 2.40. The summed E-state index contributed by atoms with van der Waals surface area (Å²) < 4.78 is 18.2. The molecule has 0 saturated carbocycles. The van der Waals surface area contributed by atoms with Crippen LogP contribution >= 0.6 is 0 Å². The van der Waals surface area contributed by atoms with Crippen LogP contribution in [0, 0.1) is 12.7 Å². The minimum absolute atomic E-state index is 0.185. The lowest BCUT2D eigenvalue weighted by Crippen LogP contribution is -2.01. The molecule has 0 amide bonds. The van der Waals surface area contributed by atoms with Gasteiger partial charge in [0.2, 0.25) is 0 Å². The average molecular weight is 262 g/mol. The van der Waals surface area contributed by atoms with Gasteiger partial charge in [-0.15, -0.1) is 0 Å². The van der Waals surface area contributed by atoms with Crippen LogP contribution in [0.15, 0.2) is 24.3 Å². The van der Waals surface area contributed by atoms with Crippen LogP contribution in [-0.2, 0) is 0 Å². The molecule has 1 aromatic heterocycles. The molecule has 2 aromatic rings. The quantitative estimate of drug-likeness (QED) is 0.887. The first-order valence-electron chi connectivity index (χ1n) is 5.76. The first-order chi connectivity index (χ1) is 9.12. The largest absolute Gasteiger partial charge is 0.494 e. The van der Waals surface area contributed by atoms with Crippen LogP contribution in [0.25, 0.3) is 0 Å². The number of aryl methyl sites for hydroxylation is 1. The second-order valence-electron chi connectivity index (χ2n) is 3.91. The van der Waals surface area contributed by atoms with Crippen molar-refractivity contribution in [3.05, 3.63) is 35.9 Å². The zero-order valence-electron chi connectivity index (χ0n) is 11.0. The minimum Gasteiger partial charge on any atom is -0.494 e. The maximum Gasteiger partial charge on any atom is 0.165 e. The Balaban J connectivity index is 2.28. The monoisotopic (exact) mass is 262 g/mol. The summed E-state index contributed by atoms with van der Waals surface area (Å²) in [7, 11) is 3.21. The number of rotatable bonds is 4. The summed E-state index contributed by atoms with van der Waals surface area (Å²) in [4.78, 5) is 8.45. The van der Waals surface area contributed by atoms with Crippen LogP contribution in [0.1, 0.15) is 5.82 Å². The third kappa shape index (κ3) is 3.09. The molecule has 2 rings (SSSR count). The fourth-order valence-electron chi connectivity index (χ4n) is 1.65. The predicted molar refractivity (Wildman–Crippen MR) is 72.6 cm³/mol. The van der Waals surface area contributed by atoms with Gasteiger partial charge < -0.3 is 15.4 Å². The van der Waals surface area contributed by atoms with Gasteiger partial charge >= 0.3 is 0 Å². The first kappa shape index (κ1) is 13.1. The van der Waals surface area contributed by atoms with Gasteiger partial charge in [0.1, 0.15) is 17.5 Å². The van der Waals surface area contributed by atoms with Crippen LogP contribution in [0.4, 0.5) is 21.7 Å². The van der Waals surface area contributed by atoms with E-state index in [0.29, 0.717) is 23.1 Å². The summed E-state index contributed by atoms with van der Waals surface area (Å²) in [5, 5.41) is 6.03. The summed E-state index contributed by atoms with van der Waals surface area (Å²) in [5.74, 6) is 1.77. The van der Waals surface area contributed by atoms with Gasteiger partial charge in [-0.1, -0.05) is 0 Å². The van der Waals surface area contributed by atoms with E-state index in [4.69, 9.17) is 4.74 Å². The highest BCUT2D eigenvalue weighted by Gasteiger charge is 2.05. The summed E-state index contributed by atoms with van der Waals surface area (Å²) in [5.41, 5.74) is 0.693. The molecule has 1 heterocycles. The van der Waals surface area contributed by atoms with Gasteiger partial charge in [0, 0.05) is 24.9 Å². The lowest BCUT2D eigenvalue weighted by molar-refractivity contribution is 0.387. The summed E-state index contributed by atoms with van der Waals surface area (Å²) in [6.45, 7) is 1.80. The van der Waals surface area contributed by atoms with Crippen molar-refractivity contribution in [2.75, 3.05) is 24.8 Å². The number of nitrogens with one attached hydrogen (secondary N) is 2. The maximum atomic E-state index is 13.3. The van der Waals surface area contributed by atoms with Crippen molar-refractivity contribution in [3.8, 4) is 5.75 Å². The Labute approximate surface area is 110 Å². The van der Waals surface area contributed by atoms with Crippen molar-refractivity contribution >= 4 is 17.3 Å². The molecule has 19 heavy (non-hydrogen) atoms. The SMILES string of the molecule is CNc1cc(Nc2ccc(F)c(OC)c2)nc(C)n1. The van der Waals surface area contributed by atoms with E-state index in [1.807, 2.05) is 0 Å². The number of nitrogens with zero attached hydrogens (tertiary/aromatic N) is 2. The second-order valence-corrected chi connectivity index (χ2v) is 3.91. The molecule has 0 spiro atoms. The summed E-state index contributed by atoms with van der Waals surface area (Å²) in [6, 6.07) is 6.30. The van der Waals surface area contributed by atoms with Crippen LogP contribution < -0.4 is 15.4 Å². The minimum atomic E-state index is -0.400. The van der Waals surface area contributed by atoms with E-state index in [2.05, 4.69) is 20.6 Å². The van der Waals surface area contributed by atoms with Crippen molar-refractivity contribution in [2.45, 2.75) is 6.92 Å². The molecule has 0 aliphatic rings. The number of halogens is 1. The van der Waals surface area contributed by atoms with Crippen molar-refractivity contribution in [1.29, 1.82) is 0 Å². The topological polar surface area (TPSA) is 59.1 Å². The lowest BCUT2D eigenvalue weighted by atomic mass is 10.3. The van der Waals surface area contributed by atoms with Gasteiger partial charge in [0.25, 0.3) is 0 Å². The fourth-order valence-corrected chi connectivity index (χ4v) is 1.65. The van der Waals surface area contributed by atoms with E-state index in [9.17, 15) is 4.39 Å². The Morgan fingerprint density at radius 3 is 2.58 bits per heavy atom. The number of hydrogen-bond donors (Lipinski definition) is 2. The molecule has 6 heteroatoms. The third-order valence-electron chi connectivity index (χ3n) is 2.52. The van der Waals surface area contributed by atoms with Crippen molar-refractivity contribution in [1.82, 2.24) is 9.97 Å². The van der Waals surface area contributed by atoms with E-state index in [0.717, 1.165) is 0 Å². The molecule has 0 atom stereocenters. The molecular weight excluding hydrogens is 247 g/mol. The van der Waals surface area contributed by atoms with E-state index in [1.165, 1.54) is 13.2 Å². The highest BCUT2D eigenvalue weighted by atomic mass is 19.1. The zero-order valence-corrected chi connectivity index (χ0v) is 11.0. The number of anilines is 3. The predicted octanol–water partition coefficient (Wildman–Crippen LogP) is 2.72. The highest BCUT2D eigenvalue weighted by Crippen LogP contribution is 2.24. The first-order valence-corrected chi connectivity index (χ1v) is 5.76. The molecule has 100 valence electrons. The number of hydrogen-bond acceptors (Lipinski definition) is 5. The van der Waals surface area contributed by atoms with Crippen LogP contribution in [0.5, 0.6) is 5.75 Å². The van der Waals surface area contributed by atoms with E-state index in [1.54, 1.807) is 32.2 Å². The molecular formula is C13H15FN4O. The number of methoxy groups -OCH3 is 1. The Morgan fingerprint density at radius 2 is 1.89 bits per heavy atom. The number of ether oxygens (including phenoxy) is 1. The third-order valence-corrected chi connectivity index (χ3v) is 2.52. The molecule has 0 aliphatic heterocycles. The van der Waals surface area contributed by atoms with Crippen LogP contribution in [-0.4, -0.2) is 24.1 Å². The van der Waals surface area contributed by atoms with E-state index in [-0.39, 0.29) is 5.75 Å². The summed E-state index contributed by atoms with van der Waals surface area (Å²) in [6.07, 6.45) is 0. The molecule has 0 fully saturated rings. The van der Waals surface area contributed by atoms with Gasteiger partial charge in [0.15, 0.2) is 11.6 Å². The fraction of sp³-hybridized carbons (Fsp3) is 0.231. The van der Waals surface area contributed by atoms with Gasteiger partial charge in [-0.2, -0.15) is 0 Å². The van der Waals surface area contributed by atoms with Crippen LogP contribution in [0.2, 0.25) is 0 Å². The van der Waals surface area contributed by atoms with Gasteiger partial charge in [-0.25, -0.2) is 14.4 Å². The summed E-state index contributed by atoms with van der Waals surface area (Å²) >= 11 is 0. The second kappa shape index (κ2) is 5.51. The van der Waals surface area contributed by atoms with Crippen molar-refractivity contribution in [3.63, 3.8) is 0 Å². The molecule has 0 aliphatic carbocycles. The smallest absolute Gasteiger partial charge is 0.165 e. The van der Waals surface area contributed by atoms with Crippen molar-refractivity contribution in [2.24, 2.45) is 0 Å². The Kier molecular flexibility index (Phi) is 3.79. The molecule has 5 nitrogen and oxygen atoms in total. The Morgan fingerprint density at radius 1 is 1.16 bits per heavy atom. The number of benzene rings is 1. The molecule has 0 radical (unpaired) electrons. The standard InChI is InChI=1S/C13H15FN4O/c1-8-16-12(15-2)7-13(17-8)18-9-4-5-10(14)11(6-9)19-3/h4-7H,1-3H3,(H2,15,16,17,18). The highest BCUT2D eigenvalue weighted by molar-refractivity contribution is 5.60. The zero-order chi connectivity index (χ0) is 13.8. The van der Waals surface area contributed by atoms with E-state index >= 15 is 0 Å². The Bertz CT molecular complexity index is 589. The maximum absolute atomic E-state index is 13.3. The normalized spacial score (nSPS) is 10.1. The molecule has 0 bridgehead atoms. The molecule has 0 unspecified atom stereocenters. The van der Waals surface area contributed by atoms with Gasteiger partial charge in [0.05, 0.1) is 7.11 Å². The van der Waals surface area contributed by atoms with Crippen LogP contribution in [0.3, 0.4) is 0 Å². The van der Waals surface area contributed by atoms with Gasteiger partial charge in [-0.05, 0) is 19.1 Å². The van der Waals surface area contributed by atoms with Crippen molar-refractivity contribution < 1.29 is 9.13 Å². The number of aromatic nitrogens is 2. The molecule has 0 saturated heterocycles.